The molecule has 1 atom stereocenters. The molecule has 106 valence electrons. The van der Waals surface area contributed by atoms with Crippen LogP contribution in [0.15, 0.2) is 6.20 Å². The van der Waals surface area contributed by atoms with Crippen LogP contribution in [0, 0.1) is 0 Å². The van der Waals surface area contributed by atoms with E-state index in [9.17, 15) is 9.59 Å². The second-order valence-electron chi connectivity index (χ2n) is 4.40. The molecule has 0 saturated heterocycles. The van der Waals surface area contributed by atoms with Crippen LogP contribution in [-0.2, 0) is 16.0 Å². The van der Waals surface area contributed by atoms with Crippen LogP contribution in [0.1, 0.15) is 44.8 Å². The number of rotatable bonds is 8. The van der Waals surface area contributed by atoms with E-state index in [0.717, 1.165) is 12.8 Å². The van der Waals surface area contributed by atoms with Crippen LogP contribution in [-0.4, -0.2) is 38.5 Å². The van der Waals surface area contributed by atoms with Gasteiger partial charge in [-0.05, 0) is 13.3 Å². The fraction of sp³-hybridized carbons (Fsp3) is 0.667. The zero-order chi connectivity index (χ0) is 14.3. The van der Waals surface area contributed by atoms with Gasteiger partial charge in [-0.15, -0.1) is 5.10 Å². The van der Waals surface area contributed by atoms with Crippen molar-refractivity contribution in [2.24, 2.45) is 0 Å². The summed E-state index contributed by atoms with van der Waals surface area (Å²) in [7, 11) is 0. The normalized spacial score (nSPS) is 12.1. The van der Waals surface area contributed by atoms with E-state index in [2.05, 4.69) is 22.6 Å². The predicted molar refractivity (Wildman–Crippen MR) is 68.6 cm³/mol. The molecule has 2 N–H and O–H groups in total. The molecule has 1 unspecified atom stereocenters. The van der Waals surface area contributed by atoms with Gasteiger partial charge >= 0.3 is 5.97 Å². The van der Waals surface area contributed by atoms with Gasteiger partial charge in [-0.2, -0.15) is 0 Å². The number of amides is 1. The first-order valence-corrected chi connectivity index (χ1v) is 6.44. The Morgan fingerprint density at radius 3 is 2.89 bits per heavy atom. The fourth-order valence-corrected chi connectivity index (χ4v) is 1.51. The quantitative estimate of drug-likeness (QED) is 0.679. The Labute approximate surface area is 112 Å². The molecule has 1 rings (SSSR count). The average Bonchev–Trinajstić information content (AvgIpc) is 2.84. The average molecular weight is 268 g/mol. The largest absolute Gasteiger partial charge is 0.481 e. The van der Waals surface area contributed by atoms with E-state index < -0.39 is 12.0 Å². The SMILES string of the molecule is CCCCNC(=O)C(C)n1cc(CCC(=O)O)nn1. The second-order valence-corrected chi connectivity index (χ2v) is 4.40. The molecule has 1 aromatic heterocycles. The van der Waals surface area contributed by atoms with Gasteiger partial charge in [0.25, 0.3) is 0 Å². The van der Waals surface area contributed by atoms with Crippen molar-refractivity contribution in [1.29, 1.82) is 0 Å². The predicted octanol–water partition coefficient (Wildman–Crippen LogP) is 0.773. The number of nitrogens with zero attached hydrogens (tertiary/aromatic N) is 3. The summed E-state index contributed by atoms with van der Waals surface area (Å²) in [5, 5.41) is 19.1. The molecule has 0 aliphatic carbocycles. The first-order chi connectivity index (χ1) is 9.04. The van der Waals surface area contributed by atoms with Gasteiger partial charge in [-0.25, -0.2) is 4.68 Å². The van der Waals surface area contributed by atoms with Crippen molar-refractivity contribution in [1.82, 2.24) is 20.3 Å². The van der Waals surface area contributed by atoms with Gasteiger partial charge in [-0.1, -0.05) is 18.6 Å². The number of carbonyl (C=O) groups is 2. The molecule has 0 bridgehead atoms. The maximum atomic E-state index is 11.8. The summed E-state index contributed by atoms with van der Waals surface area (Å²) < 4.78 is 1.46. The number of aromatic nitrogens is 3. The third-order valence-electron chi connectivity index (χ3n) is 2.76. The Hall–Kier alpha value is -1.92. The molecular formula is C12H20N4O3. The third-order valence-corrected chi connectivity index (χ3v) is 2.76. The van der Waals surface area contributed by atoms with Gasteiger partial charge < -0.3 is 10.4 Å². The Balaban J connectivity index is 2.50. The Bertz CT molecular complexity index is 430. The molecule has 0 saturated carbocycles. The van der Waals surface area contributed by atoms with Crippen LogP contribution in [0.3, 0.4) is 0 Å². The lowest BCUT2D eigenvalue weighted by atomic mass is 10.2. The van der Waals surface area contributed by atoms with Crippen LogP contribution in [0.5, 0.6) is 0 Å². The maximum absolute atomic E-state index is 11.8. The number of aliphatic carboxylic acids is 1. The van der Waals surface area contributed by atoms with Crippen molar-refractivity contribution in [3.63, 3.8) is 0 Å². The van der Waals surface area contributed by atoms with Crippen molar-refractivity contribution in [2.45, 2.75) is 45.6 Å². The Kier molecular flexibility index (Phi) is 5.98. The maximum Gasteiger partial charge on any atom is 0.303 e. The monoisotopic (exact) mass is 268 g/mol. The van der Waals surface area contributed by atoms with Crippen molar-refractivity contribution in [3.05, 3.63) is 11.9 Å². The van der Waals surface area contributed by atoms with E-state index >= 15 is 0 Å². The fourth-order valence-electron chi connectivity index (χ4n) is 1.51. The highest BCUT2D eigenvalue weighted by atomic mass is 16.4. The molecule has 1 heterocycles. The van der Waals surface area contributed by atoms with E-state index in [1.807, 2.05) is 0 Å². The zero-order valence-corrected chi connectivity index (χ0v) is 11.3. The molecule has 0 aromatic carbocycles. The number of unbranched alkanes of at least 4 members (excludes halogenated alkanes) is 1. The van der Waals surface area contributed by atoms with Gasteiger partial charge in [0.2, 0.25) is 5.91 Å². The highest BCUT2D eigenvalue weighted by Gasteiger charge is 2.16. The summed E-state index contributed by atoms with van der Waals surface area (Å²) in [6, 6.07) is -0.442. The van der Waals surface area contributed by atoms with Crippen LogP contribution in [0.4, 0.5) is 0 Å². The third kappa shape index (κ3) is 5.07. The number of hydrogen-bond acceptors (Lipinski definition) is 4. The molecule has 1 aromatic rings. The molecular weight excluding hydrogens is 248 g/mol. The minimum absolute atomic E-state index is 0.00969. The number of nitrogens with one attached hydrogen (secondary N) is 1. The number of carboxylic acids is 1. The summed E-state index contributed by atoms with van der Waals surface area (Å²) in [5.41, 5.74) is 0.579. The summed E-state index contributed by atoms with van der Waals surface area (Å²) >= 11 is 0. The molecule has 0 radical (unpaired) electrons. The number of carboxylic acid groups (broad SMARTS) is 1. The lowest BCUT2D eigenvalue weighted by Crippen LogP contribution is -2.31. The molecule has 7 nitrogen and oxygen atoms in total. The highest BCUT2D eigenvalue weighted by molar-refractivity contribution is 5.79. The summed E-state index contributed by atoms with van der Waals surface area (Å²) in [6.07, 6.45) is 3.92. The first kappa shape index (κ1) is 15.1. The van der Waals surface area contributed by atoms with Crippen LogP contribution in [0.2, 0.25) is 0 Å². The molecule has 0 fully saturated rings. The molecule has 19 heavy (non-hydrogen) atoms. The van der Waals surface area contributed by atoms with Gasteiger partial charge in [0, 0.05) is 19.2 Å². The molecule has 0 aliphatic rings. The first-order valence-electron chi connectivity index (χ1n) is 6.44. The van der Waals surface area contributed by atoms with E-state index in [4.69, 9.17) is 5.11 Å². The van der Waals surface area contributed by atoms with Crippen molar-refractivity contribution >= 4 is 11.9 Å². The number of carbonyl (C=O) groups excluding carboxylic acids is 1. The molecule has 7 heteroatoms. The topological polar surface area (TPSA) is 97.1 Å². The van der Waals surface area contributed by atoms with Crippen LogP contribution < -0.4 is 5.32 Å². The van der Waals surface area contributed by atoms with Crippen molar-refractivity contribution in [2.75, 3.05) is 6.54 Å². The van der Waals surface area contributed by atoms with Gasteiger partial charge in [0.15, 0.2) is 0 Å². The van der Waals surface area contributed by atoms with Crippen molar-refractivity contribution in [3.8, 4) is 0 Å². The minimum atomic E-state index is -0.875. The smallest absolute Gasteiger partial charge is 0.303 e. The van der Waals surface area contributed by atoms with E-state index in [-0.39, 0.29) is 12.3 Å². The highest BCUT2D eigenvalue weighted by Crippen LogP contribution is 2.06. The molecule has 1 amide bonds. The van der Waals surface area contributed by atoms with E-state index in [0.29, 0.717) is 18.7 Å². The molecule has 0 aliphatic heterocycles. The van der Waals surface area contributed by atoms with Crippen molar-refractivity contribution < 1.29 is 14.7 Å². The standard InChI is InChI=1S/C12H20N4O3/c1-3-4-7-13-12(19)9(2)16-8-10(14-15-16)5-6-11(17)18/h8-9H,3-7H2,1-2H3,(H,13,19)(H,17,18). The van der Waals surface area contributed by atoms with E-state index in [1.165, 1.54) is 4.68 Å². The minimum Gasteiger partial charge on any atom is -0.481 e. The summed E-state index contributed by atoms with van der Waals surface area (Å²) in [6.45, 7) is 4.44. The van der Waals surface area contributed by atoms with E-state index in [1.54, 1.807) is 13.1 Å². The van der Waals surface area contributed by atoms with Crippen LogP contribution >= 0.6 is 0 Å². The zero-order valence-electron chi connectivity index (χ0n) is 11.3. The molecule has 0 spiro atoms. The lowest BCUT2D eigenvalue weighted by molar-refractivity contribution is -0.137. The van der Waals surface area contributed by atoms with Crippen LogP contribution in [0.25, 0.3) is 0 Å². The Morgan fingerprint density at radius 2 is 2.26 bits per heavy atom. The second kappa shape index (κ2) is 7.50. The number of hydrogen-bond donors (Lipinski definition) is 2. The lowest BCUT2D eigenvalue weighted by Gasteiger charge is -2.11. The summed E-state index contributed by atoms with van der Waals surface area (Å²) in [4.78, 5) is 22.2. The van der Waals surface area contributed by atoms with Gasteiger partial charge in [0.05, 0.1) is 12.1 Å². The number of aryl methyl sites for hydroxylation is 1. The summed E-state index contributed by atoms with van der Waals surface area (Å²) in [5.74, 6) is -0.983. The Morgan fingerprint density at radius 1 is 1.53 bits per heavy atom. The van der Waals surface area contributed by atoms with Gasteiger partial charge in [0.1, 0.15) is 6.04 Å². The van der Waals surface area contributed by atoms with Gasteiger partial charge in [-0.3, -0.25) is 9.59 Å².